The first-order chi connectivity index (χ1) is 9.11. The van der Waals surface area contributed by atoms with Gasteiger partial charge in [-0.15, -0.1) is 0 Å². The number of aromatic nitrogens is 3. The van der Waals surface area contributed by atoms with Crippen LogP contribution in [0.15, 0.2) is 18.5 Å². The lowest BCUT2D eigenvalue weighted by molar-refractivity contribution is -0.385. The van der Waals surface area contributed by atoms with Gasteiger partial charge in [0.2, 0.25) is 0 Å². The number of H-pyrrole nitrogens is 1. The van der Waals surface area contributed by atoms with E-state index in [0.29, 0.717) is 12.4 Å². The van der Waals surface area contributed by atoms with E-state index in [0.717, 1.165) is 17.5 Å². The van der Waals surface area contributed by atoms with Gasteiger partial charge in [0.25, 0.3) is 5.69 Å². The molecule has 0 aliphatic rings. The highest BCUT2D eigenvalue weighted by molar-refractivity contribution is 5.55. The van der Waals surface area contributed by atoms with Crippen LogP contribution in [0.4, 0.5) is 11.5 Å². The van der Waals surface area contributed by atoms with Crippen LogP contribution in [0.2, 0.25) is 0 Å². The van der Waals surface area contributed by atoms with Crippen molar-refractivity contribution in [2.24, 2.45) is 0 Å². The molecular formula is C11H10N6O2. The van der Waals surface area contributed by atoms with Crippen molar-refractivity contribution in [2.45, 2.75) is 13.5 Å². The number of aryl methyl sites for hydroxylation is 1. The molecule has 0 radical (unpaired) electrons. The molecular weight excluding hydrogens is 248 g/mol. The zero-order valence-corrected chi connectivity index (χ0v) is 10.0. The van der Waals surface area contributed by atoms with Crippen molar-refractivity contribution in [1.82, 2.24) is 15.2 Å². The van der Waals surface area contributed by atoms with E-state index in [1.54, 1.807) is 6.20 Å². The summed E-state index contributed by atoms with van der Waals surface area (Å²) in [6.45, 7) is 2.31. The number of hydrogen-bond donors (Lipinski definition) is 2. The van der Waals surface area contributed by atoms with Gasteiger partial charge in [0.05, 0.1) is 11.1 Å². The van der Waals surface area contributed by atoms with E-state index < -0.39 is 4.92 Å². The molecule has 0 saturated carbocycles. The Morgan fingerprint density at radius 2 is 2.37 bits per heavy atom. The predicted molar refractivity (Wildman–Crippen MR) is 66.3 cm³/mol. The molecule has 0 fully saturated rings. The fraction of sp³-hybridized carbons (Fsp3) is 0.182. The van der Waals surface area contributed by atoms with Crippen LogP contribution in [0.25, 0.3) is 0 Å². The molecule has 0 aromatic carbocycles. The molecule has 0 aliphatic heterocycles. The summed E-state index contributed by atoms with van der Waals surface area (Å²) >= 11 is 0. The number of rotatable bonds is 4. The molecule has 2 aromatic heterocycles. The van der Waals surface area contributed by atoms with E-state index in [1.165, 1.54) is 6.07 Å². The van der Waals surface area contributed by atoms with E-state index in [1.807, 2.05) is 13.0 Å². The summed E-state index contributed by atoms with van der Waals surface area (Å²) in [7, 11) is 0. The Morgan fingerprint density at radius 1 is 1.58 bits per heavy atom. The molecule has 0 atom stereocenters. The van der Waals surface area contributed by atoms with Crippen LogP contribution in [-0.2, 0) is 6.54 Å². The van der Waals surface area contributed by atoms with Crippen molar-refractivity contribution in [3.05, 3.63) is 45.4 Å². The smallest absolute Gasteiger partial charge is 0.289 e. The zero-order valence-electron chi connectivity index (χ0n) is 10.0. The first kappa shape index (κ1) is 12.5. The first-order valence-electron chi connectivity index (χ1n) is 5.39. The molecule has 2 heterocycles. The summed E-state index contributed by atoms with van der Waals surface area (Å²) in [6.07, 6.45) is 2.78. The molecule has 8 nitrogen and oxygen atoms in total. The van der Waals surface area contributed by atoms with Crippen molar-refractivity contribution >= 4 is 11.5 Å². The Hall–Kier alpha value is -2.95. The van der Waals surface area contributed by atoms with Crippen molar-refractivity contribution < 1.29 is 4.92 Å². The maximum absolute atomic E-state index is 10.6. The van der Waals surface area contributed by atoms with E-state index in [9.17, 15) is 10.1 Å². The second kappa shape index (κ2) is 5.14. The fourth-order valence-electron chi connectivity index (χ4n) is 1.51. The lowest BCUT2D eigenvalue weighted by atomic mass is 10.2. The lowest BCUT2D eigenvalue weighted by Crippen LogP contribution is -2.04. The van der Waals surface area contributed by atoms with Crippen molar-refractivity contribution in [3.8, 4) is 6.07 Å². The maximum Gasteiger partial charge on any atom is 0.289 e. The van der Waals surface area contributed by atoms with Crippen molar-refractivity contribution in [3.63, 3.8) is 0 Å². The van der Waals surface area contributed by atoms with Gasteiger partial charge in [0.15, 0.2) is 0 Å². The highest BCUT2D eigenvalue weighted by Gasteiger charge is 2.12. The minimum Gasteiger partial charge on any atom is -0.365 e. The minimum atomic E-state index is -0.585. The standard InChI is InChI=1S/C11H10N6O2/c1-7-9(5-15-16-7)4-13-11-8(3-12)2-10(6-14-11)17(18)19/h2,5-6H,4H2,1H3,(H,13,14)(H,15,16). The number of aromatic amines is 1. The zero-order chi connectivity index (χ0) is 13.8. The van der Waals surface area contributed by atoms with Crippen LogP contribution in [0, 0.1) is 28.4 Å². The van der Waals surface area contributed by atoms with Gasteiger partial charge in [0, 0.05) is 23.9 Å². The van der Waals surface area contributed by atoms with E-state index in [4.69, 9.17) is 5.26 Å². The number of nitro groups is 1. The topological polar surface area (TPSA) is 121 Å². The summed E-state index contributed by atoms with van der Waals surface area (Å²) in [5.74, 6) is 0.314. The Labute approximate surface area is 108 Å². The van der Waals surface area contributed by atoms with Crippen LogP contribution in [-0.4, -0.2) is 20.1 Å². The summed E-state index contributed by atoms with van der Waals surface area (Å²) < 4.78 is 0. The van der Waals surface area contributed by atoms with E-state index in [2.05, 4.69) is 20.5 Å². The number of nitriles is 1. The minimum absolute atomic E-state index is 0.135. The third-order valence-corrected chi connectivity index (χ3v) is 2.59. The van der Waals surface area contributed by atoms with Gasteiger partial charge < -0.3 is 5.32 Å². The Bertz CT molecular complexity index is 657. The van der Waals surface area contributed by atoms with Gasteiger partial charge in [-0.2, -0.15) is 10.4 Å². The summed E-state index contributed by atoms with van der Waals surface area (Å²) in [6, 6.07) is 3.07. The average Bonchev–Trinajstić information content (AvgIpc) is 2.81. The van der Waals surface area contributed by atoms with Crippen LogP contribution >= 0.6 is 0 Å². The van der Waals surface area contributed by atoms with E-state index in [-0.39, 0.29) is 11.3 Å². The van der Waals surface area contributed by atoms with Gasteiger partial charge in [0.1, 0.15) is 23.6 Å². The van der Waals surface area contributed by atoms with Crippen molar-refractivity contribution in [2.75, 3.05) is 5.32 Å². The summed E-state index contributed by atoms with van der Waals surface area (Å²) in [5, 5.41) is 29.2. The quantitative estimate of drug-likeness (QED) is 0.633. The highest BCUT2D eigenvalue weighted by Crippen LogP contribution is 2.19. The number of nitrogens with one attached hydrogen (secondary N) is 2. The SMILES string of the molecule is Cc1[nH]ncc1CNc1ncc([N+](=O)[O-])cc1C#N. The van der Waals surface area contributed by atoms with Gasteiger partial charge in [-0.3, -0.25) is 15.2 Å². The summed E-state index contributed by atoms with van der Waals surface area (Å²) in [4.78, 5) is 13.9. The summed E-state index contributed by atoms with van der Waals surface area (Å²) in [5.41, 5.74) is 1.77. The van der Waals surface area contributed by atoms with Crippen LogP contribution in [0.1, 0.15) is 16.8 Å². The molecule has 0 spiro atoms. The third kappa shape index (κ3) is 2.66. The fourth-order valence-corrected chi connectivity index (χ4v) is 1.51. The molecule has 2 rings (SSSR count). The van der Waals surface area contributed by atoms with E-state index >= 15 is 0 Å². The normalized spacial score (nSPS) is 9.89. The molecule has 2 N–H and O–H groups in total. The number of pyridine rings is 1. The second-order valence-corrected chi connectivity index (χ2v) is 3.83. The molecule has 0 saturated heterocycles. The third-order valence-electron chi connectivity index (χ3n) is 2.59. The molecule has 0 bridgehead atoms. The highest BCUT2D eigenvalue weighted by atomic mass is 16.6. The number of anilines is 1. The van der Waals surface area contributed by atoms with Gasteiger partial charge >= 0.3 is 0 Å². The lowest BCUT2D eigenvalue weighted by Gasteiger charge is -2.06. The Balaban J connectivity index is 2.19. The van der Waals surface area contributed by atoms with Gasteiger partial charge in [-0.05, 0) is 6.92 Å². The molecule has 8 heteroatoms. The molecule has 19 heavy (non-hydrogen) atoms. The number of hydrogen-bond acceptors (Lipinski definition) is 6. The van der Waals surface area contributed by atoms with Crippen LogP contribution < -0.4 is 5.32 Å². The van der Waals surface area contributed by atoms with Crippen LogP contribution in [0.3, 0.4) is 0 Å². The molecule has 0 amide bonds. The van der Waals surface area contributed by atoms with Gasteiger partial charge in [-0.25, -0.2) is 4.98 Å². The molecule has 0 unspecified atom stereocenters. The van der Waals surface area contributed by atoms with Crippen LogP contribution in [0.5, 0.6) is 0 Å². The molecule has 2 aromatic rings. The second-order valence-electron chi connectivity index (χ2n) is 3.83. The Morgan fingerprint density at radius 3 is 2.95 bits per heavy atom. The maximum atomic E-state index is 10.6. The monoisotopic (exact) mass is 258 g/mol. The first-order valence-corrected chi connectivity index (χ1v) is 5.39. The molecule has 96 valence electrons. The average molecular weight is 258 g/mol. The van der Waals surface area contributed by atoms with Crippen molar-refractivity contribution in [1.29, 1.82) is 5.26 Å². The van der Waals surface area contributed by atoms with Gasteiger partial charge in [-0.1, -0.05) is 0 Å². The number of nitrogens with zero attached hydrogens (tertiary/aromatic N) is 4. The largest absolute Gasteiger partial charge is 0.365 e. The molecule has 0 aliphatic carbocycles. The Kier molecular flexibility index (Phi) is 3.38. The predicted octanol–water partition coefficient (Wildman–Crippen LogP) is 1.51.